The van der Waals surface area contributed by atoms with Crippen LogP contribution in [-0.4, -0.2) is 75.9 Å². The highest BCUT2D eigenvalue weighted by atomic mass is 32.1. The highest BCUT2D eigenvalue weighted by Crippen LogP contribution is 2.48. The summed E-state index contributed by atoms with van der Waals surface area (Å²) < 4.78 is 60.5. The van der Waals surface area contributed by atoms with Gasteiger partial charge in [-0.05, 0) is 51.6 Å². The second kappa shape index (κ2) is 13.3. The SMILES string of the molecule is C=CC(=O)N1C[C@H](C)n2nc(-c3nc(-c4cnc5c(c4)[C@H](C)N(C)CC5)c4scc(F)c4c3-c3c(F)cc(F)cc3OCCOC)cc2[C@H]1C. The number of benzene rings is 1. The lowest BCUT2D eigenvalue weighted by Crippen LogP contribution is -2.42. The Kier molecular flexibility index (Phi) is 8.99. The molecule has 0 unspecified atom stereocenters. The van der Waals surface area contributed by atoms with Gasteiger partial charge in [-0.3, -0.25) is 19.4 Å². The number of hydrogen-bond acceptors (Lipinski definition) is 8. The molecule has 0 radical (unpaired) electrons. The number of hydrogen-bond donors (Lipinski definition) is 0. The summed E-state index contributed by atoms with van der Waals surface area (Å²) >= 11 is 1.15. The van der Waals surface area contributed by atoms with Crippen LogP contribution in [0.2, 0.25) is 0 Å². The number of carbonyl (C=O) groups is 1. The predicted molar refractivity (Wildman–Crippen MR) is 187 cm³/mol. The first-order valence-corrected chi connectivity index (χ1v) is 17.3. The fourth-order valence-corrected chi connectivity index (χ4v) is 7.97. The molecule has 5 aromatic rings. The molecule has 3 atom stereocenters. The largest absolute Gasteiger partial charge is 0.490 e. The van der Waals surface area contributed by atoms with Crippen LogP contribution in [0.25, 0.3) is 43.9 Å². The molecule has 4 aromatic heterocycles. The molecule has 1 aromatic carbocycles. The Morgan fingerprint density at radius 1 is 1.06 bits per heavy atom. The summed E-state index contributed by atoms with van der Waals surface area (Å²) in [5.74, 6) is -2.72. The van der Waals surface area contributed by atoms with E-state index in [4.69, 9.17) is 24.5 Å². The zero-order valence-electron chi connectivity index (χ0n) is 28.5. The third kappa shape index (κ3) is 5.66. The van der Waals surface area contributed by atoms with Gasteiger partial charge in [0.15, 0.2) is 0 Å². The van der Waals surface area contributed by atoms with Gasteiger partial charge in [0, 0.05) is 78.6 Å². The number of thiophene rings is 1. The van der Waals surface area contributed by atoms with Crippen LogP contribution in [-0.2, 0) is 16.0 Å². The van der Waals surface area contributed by atoms with E-state index >= 15 is 8.78 Å². The Balaban J connectivity index is 1.53. The van der Waals surface area contributed by atoms with Gasteiger partial charge in [0.2, 0.25) is 5.91 Å². The Labute approximate surface area is 292 Å². The molecule has 7 rings (SSSR count). The van der Waals surface area contributed by atoms with E-state index in [9.17, 15) is 9.18 Å². The molecule has 2 aliphatic rings. The molecule has 0 N–H and O–H groups in total. The molecule has 13 heteroatoms. The smallest absolute Gasteiger partial charge is 0.246 e. The van der Waals surface area contributed by atoms with Gasteiger partial charge in [0.25, 0.3) is 0 Å². The third-order valence-electron chi connectivity index (χ3n) is 9.81. The van der Waals surface area contributed by atoms with Gasteiger partial charge in [-0.15, -0.1) is 11.3 Å². The summed E-state index contributed by atoms with van der Waals surface area (Å²) in [6.07, 6.45) is 3.83. The van der Waals surface area contributed by atoms with E-state index in [1.54, 1.807) is 17.2 Å². The minimum atomic E-state index is -0.944. The van der Waals surface area contributed by atoms with Crippen molar-refractivity contribution in [2.75, 3.05) is 40.5 Å². The Morgan fingerprint density at radius 3 is 2.62 bits per heavy atom. The number of halogens is 3. The molecule has 0 spiro atoms. The third-order valence-corrected chi connectivity index (χ3v) is 10.8. The van der Waals surface area contributed by atoms with Gasteiger partial charge < -0.3 is 14.4 Å². The molecule has 0 saturated heterocycles. The topological polar surface area (TPSA) is 85.6 Å². The maximum Gasteiger partial charge on any atom is 0.246 e. The second-order valence-electron chi connectivity index (χ2n) is 12.9. The normalized spacial score (nSPS) is 19.0. The van der Waals surface area contributed by atoms with E-state index in [-0.39, 0.29) is 65.2 Å². The van der Waals surface area contributed by atoms with Crippen molar-refractivity contribution in [3.05, 3.63) is 82.9 Å². The van der Waals surface area contributed by atoms with Gasteiger partial charge in [-0.25, -0.2) is 18.2 Å². The van der Waals surface area contributed by atoms with Gasteiger partial charge in [0.1, 0.15) is 41.2 Å². The molecule has 0 bridgehead atoms. The van der Waals surface area contributed by atoms with Crippen LogP contribution in [0, 0.1) is 17.5 Å². The minimum absolute atomic E-state index is 0.00308. The zero-order valence-corrected chi connectivity index (χ0v) is 29.3. The number of rotatable bonds is 8. The molecule has 1 amide bonds. The van der Waals surface area contributed by atoms with Gasteiger partial charge >= 0.3 is 0 Å². The van der Waals surface area contributed by atoms with Crippen LogP contribution in [0.5, 0.6) is 5.75 Å². The van der Waals surface area contributed by atoms with Crippen LogP contribution in [0.15, 0.2) is 48.5 Å². The number of fused-ring (bicyclic) bond motifs is 3. The fraction of sp³-hybridized carbons (Fsp3) is 0.351. The lowest BCUT2D eigenvalue weighted by molar-refractivity contribution is -0.129. The van der Waals surface area contributed by atoms with Crippen molar-refractivity contribution in [2.45, 2.75) is 45.3 Å². The number of likely N-dealkylation sites (N-methyl/N-ethyl adjacent to an activating group) is 1. The van der Waals surface area contributed by atoms with Crippen molar-refractivity contribution in [3.8, 4) is 39.5 Å². The molecular formula is C37H37F3N6O3S. The van der Waals surface area contributed by atoms with Gasteiger partial charge in [-0.1, -0.05) is 6.58 Å². The first-order valence-electron chi connectivity index (χ1n) is 16.5. The molecule has 2 aliphatic heterocycles. The average molecular weight is 703 g/mol. The minimum Gasteiger partial charge on any atom is -0.490 e. The van der Waals surface area contributed by atoms with Crippen molar-refractivity contribution in [3.63, 3.8) is 0 Å². The predicted octanol–water partition coefficient (Wildman–Crippen LogP) is 7.53. The van der Waals surface area contributed by atoms with E-state index in [2.05, 4.69) is 25.5 Å². The standard InChI is InChI=1S/C37H37F3N6O3S/c1-7-31(47)45-17-19(2)46-29(21(45)4)15-28(43-46)36-34(32-25(39)13-23(38)14-30(32)49-11-10-48-6)33-26(40)18-50-37(33)35(42-36)22-12-24-20(3)44(5)9-8-27(24)41-16-22/h7,12-16,18-21H,1,8-11,17H2,2-6H3/t19-,20-,21+/m0/s1. The monoisotopic (exact) mass is 702 g/mol. The average Bonchev–Trinajstić information content (AvgIpc) is 3.72. The number of ether oxygens (including phenoxy) is 2. The molecular weight excluding hydrogens is 666 g/mol. The number of amides is 1. The van der Waals surface area contributed by atoms with E-state index in [1.807, 2.05) is 24.6 Å². The lowest BCUT2D eigenvalue weighted by atomic mass is 9.93. The number of nitrogens with zero attached hydrogens (tertiary/aromatic N) is 6. The fourth-order valence-electron chi connectivity index (χ4n) is 7.04. The summed E-state index contributed by atoms with van der Waals surface area (Å²) in [6.45, 7) is 11.0. The van der Waals surface area contributed by atoms with Crippen molar-refractivity contribution in [1.82, 2.24) is 29.5 Å². The van der Waals surface area contributed by atoms with Gasteiger partial charge in [-0.2, -0.15) is 5.10 Å². The molecule has 9 nitrogen and oxygen atoms in total. The molecule has 0 fully saturated rings. The molecule has 50 heavy (non-hydrogen) atoms. The first kappa shape index (κ1) is 33.9. The van der Waals surface area contributed by atoms with Crippen LogP contribution in [0.1, 0.15) is 55.8 Å². The van der Waals surface area contributed by atoms with Crippen molar-refractivity contribution < 1.29 is 27.4 Å². The van der Waals surface area contributed by atoms with Crippen LogP contribution < -0.4 is 4.74 Å². The van der Waals surface area contributed by atoms with E-state index < -0.39 is 17.5 Å². The highest BCUT2D eigenvalue weighted by molar-refractivity contribution is 7.17. The number of carbonyl (C=O) groups excluding carboxylic acids is 1. The van der Waals surface area contributed by atoms with Crippen LogP contribution >= 0.6 is 11.3 Å². The van der Waals surface area contributed by atoms with Crippen LogP contribution in [0.4, 0.5) is 13.2 Å². The quantitative estimate of drug-likeness (QED) is 0.122. The van der Waals surface area contributed by atoms with Crippen LogP contribution in [0.3, 0.4) is 0 Å². The summed E-state index contributed by atoms with van der Waals surface area (Å²) in [5, 5.41) is 6.42. The summed E-state index contributed by atoms with van der Waals surface area (Å²) in [7, 11) is 3.55. The molecule has 0 aliphatic carbocycles. The maximum absolute atomic E-state index is 16.3. The Bertz CT molecular complexity index is 2150. The lowest BCUT2D eigenvalue weighted by Gasteiger charge is -2.36. The number of pyridine rings is 2. The summed E-state index contributed by atoms with van der Waals surface area (Å²) in [5.41, 5.74) is 4.36. The Hall–Kier alpha value is -4.59. The first-order chi connectivity index (χ1) is 24.0. The van der Waals surface area contributed by atoms with E-state index in [1.165, 1.54) is 18.6 Å². The molecule has 260 valence electrons. The van der Waals surface area contributed by atoms with Crippen molar-refractivity contribution in [1.29, 1.82) is 0 Å². The summed E-state index contributed by atoms with van der Waals surface area (Å²) in [6, 6.07) is 5.18. The highest BCUT2D eigenvalue weighted by Gasteiger charge is 2.35. The van der Waals surface area contributed by atoms with Crippen molar-refractivity contribution in [2.24, 2.45) is 0 Å². The van der Waals surface area contributed by atoms with E-state index in [0.29, 0.717) is 28.2 Å². The van der Waals surface area contributed by atoms with Gasteiger partial charge in [0.05, 0.1) is 40.3 Å². The zero-order chi connectivity index (χ0) is 35.4. The second-order valence-corrected chi connectivity index (χ2v) is 13.7. The number of aromatic nitrogens is 4. The van der Waals surface area contributed by atoms with Crippen molar-refractivity contribution >= 4 is 27.3 Å². The molecule has 6 heterocycles. The Morgan fingerprint density at radius 2 is 1.86 bits per heavy atom. The van der Waals surface area contributed by atoms with E-state index in [0.717, 1.165) is 53.4 Å². The summed E-state index contributed by atoms with van der Waals surface area (Å²) in [4.78, 5) is 26.7. The molecule has 0 saturated carbocycles. The maximum atomic E-state index is 16.3. The number of methoxy groups -OCH3 is 1.